The molecule has 0 bridgehead atoms. The Labute approximate surface area is 115 Å². The van der Waals surface area contributed by atoms with Gasteiger partial charge in [-0.25, -0.2) is 4.79 Å². The van der Waals surface area contributed by atoms with Gasteiger partial charge in [-0.05, 0) is 31.1 Å². The van der Waals surface area contributed by atoms with Crippen molar-refractivity contribution in [2.75, 3.05) is 13.1 Å². The molecule has 2 unspecified atom stereocenters. The molecule has 0 heterocycles. The van der Waals surface area contributed by atoms with Gasteiger partial charge in [-0.15, -0.1) is 0 Å². The molecule has 0 aliphatic heterocycles. The molecule has 0 aromatic heterocycles. The van der Waals surface area contributed by atoms with E-state index in [1.165, 1.54) is 0 Å². The van der Waals surface area contributed by atoms with Crippen LogP contribution in [-0.4, -0.2) is 30.2 Å². The second-order valence-electron chi connectivity index (χ2n) is 5.81. The summed E-state index contributed by atoms with van der Waals surface area (Å²) in [5, 5.41) is 14.7. The standard InChI is InChI=1S/C14H26N2O3/c1-10(2)7-8-15-14(19)16-9-11-5-3-4-6-12(11)13(17)18/h10-12H,3-9H2,1-2H3,(H,17,18)(H2,15,16,19). The van der Waals surface area contributed by atoms with Crippen molar-refractivity contribution in [2.24, 2.45) is 17.8 Å². The van der Waals surface area contributed by atoms with Crippen LogP contribution in [0.25, 0.3) is 0 Å². The molecule has 0 saturated heterocycles. The van der Waals surface area contributed by atoms with Gasteiger partial charge in [0.2, 0.25) is 0 Å². The van der Waals surface area contributed by atoms with E-state index in [0.29, 0.717) is 19.0 Å². The molecule has 1 rings (SSSR count). The first-order valence-corrected chi connectivity index (χ1v) is 7.25. The fourth-order valence-corrected chi connectivity index (χ4v) is 2.54. The largest absolute Gasteiger partial charge is 0.481 e. The van der Waals surface area contributed by atoms with Crippen molar-refractivity contribution in [1.82, 2.24) is 10.6 Å². The Kier molecular flexibility index (Phi) is 6.67. The third-order valence-corrected chi connectivity index (χ3v) is 3.76. The lowest BCUT2D eigenvalue weighted by atomic mass is 9.79. The number of amides is 2. The number of carbonyl (C=O) groups is 2. The smallest absolute Gasteiger partial charge is 0.314 e. The van der Waals surface area contributed by atoms with Crippen LogP contribution in [0, 0.1) is 17.8 Å². The van der Waals surface area contributed by atoms with E-state index in [0.717, 1.165) is 32.1 Å². The van der Waals surface area contributed by atoms with Crippen LogP contribution in [-0.2, 0) is 4.79 Å². The molecule has 5 nitrogen and oxygen atoms in total. The molecule has 2 amide bonds. The summed E-state index contributed by atoms with van der Waals surface area (Å²) in [7, 11) is 0. The Hall–Kier alpha value is -1.26. The molecule has 0 aromatic carbocycles. The highest BCUT2D eigenvalue weighted by Gasteiger charge is 2.30. The fraction of sp³-hybridized carbons (Fsp3) is 0.857. The van der Waals surface area contributed by atoms with E-state index in [1.807, 2.05) is 0 Å². The van der Waals surface area contributed by atoms with Crippen molar-refractivity contribution >= 4 is 12.0 Å². The average Bonchev–Trinajstić information content (AvgIpc) is 2.36. The monoisotopic (exact) mass is 270 g/mol. The van der Waals surface area contributed by atoms with Crippen LogP contribution >= 0.6 is 0 Å². The first-order chi connectivity index (χ1) is 9.00. The molecule has 0 spiro atoms. The van der Waals surface area contributed by atoms with Crippen molar-refractivity contribution in [2.45, 2.75) is 46.0 Å². The van der Waals surface area contributed by atoms with Gasteiger partial charge in [-0.2, -0.15) is 0 Å². The minimum absolute atomic E-state index is 0.0714. The summed E-state index contributed by atoms with van der Waals surface area (Å²) in [4.78, 5) is 22.7. The van der Waals surface area contributed by atoms with E-state index >= 15 is 0 Å². The second-order valence-corrected chi connectivity index (χ2v) is 5.81. The number of nitrogens with one attached hydrogen (secondary N) is 2. The average molecular weight is 270 g/mol. The van der Waals surface area contributed by atoms with Gasteiger partial charge in [0.25, 0.3) is 0 Å². The minimum atomic E-state index is -0.730. The van der Waals surface area contributed by atoms with Crippen molar-refractivity contribution < 1.29 is 14.7 Å². The SMILES string of the molecule is CC(C)CCNC(=O)NCC1CCCCC1C(=O)O. The predicted octanol–water partition coefficient (Wildman–Crippen LogP) is 2.22. The van der Waals surface area contributed by atoms with Gasteiger partial charge in [0.05, 0.1) is 5.92 Å². The zero-order valence-corrected chi connectivity index (χ0v) is 11.9. The lowest BCUT2D eigenvalue weighted by Crippen LogP contribution is -2.42. The third kappa shape index (κ3) is 5.94. The molecule has 110 valence electrons. The third-order valence-electron chi connectivity index (χ3n) is 3.76. The van der Waals surface area contributed by atoms with Gasteiger partial charge in [0.1, 0.15) is 0 Å². The summed E-state index contributed by atoms with van der Waals surface area (Å²) >= 11 is 0. The van der Waals surface area contributed by atoms with E-state index in [1.54, 1.807) is 0 Å². The van der Waals surface area contributed by atoms with E-state index in [4.69, 9.17) is 5.11 Å². The van der Waals surface area contributed by atoms with E-state index in [-0.39, 0.29) is 17.9 Å². The van der Waals surface area contributed by atoms with Crippen LogP contribution in [0.1, 0.15) is 46.0 Å². The highest BCUT2D eigenvalue weighted by atomic mass is 16.4. The molecule has 3 N–H and O–H groups in total. The van der Waals surface area contributed by atoms with Crippen molar-refractivity contribution in [3.8, 4) is 0 Å². The molecule has 1 aliphatic carbocycles. The summed E-state index contributed by atoms with van der Waals surface area (Å²) in [6.07, 6.45) is 4.62. The van der Waals surface area contributed by atoms with E-state index in [2.05, 4.69) is 24.5 Å². The predicted molar refractivity (Wildman–Crippen MR) is 73.9 cm³/mol. The number of hydrogen-bond acceptors (Lipinski definition) is 2. The summed E-state index contributed by atoms with van der Waals surface area (Å²) in [6, 6.07) is -0.185. The Bertz CT molecular complexity index is 305. The fourth-order valence-electron chi connectivity index (χ4n) is 2.54. The van der Waals surface area contributed by atoms with Crippen molar-refractivity contribution in [1.29, 1.82) is 0 Å². The molecule has 1 saturated carbocycles. The summed E-state index contributed by atoms with van der Waals surface area (Å²) in [5.41, 5.74) is 0. The second kappa shape index (κ2) is 8.02. The molecule has 19 heavy (non-hydrogen) atoms. The van der Waals surface area contributed by atoms with Gasteiger partial charge in [-0.1, -0.05) is 26.7 Å². The van der Waals surface area contributed by atoms with Crippen LogP contribution < -0.4 is 10.6 Å². The first kappa shape index (κ1) is 15.8. The topological polar surface area (TPSA) is 78.4 Å². The number of carbonyl (C=O) groups excluding carboxylic acids is 1. The Morgan fingerprint density at radius 2 is 1.89 bits per heavy atom. The van der Waals surface area contributed by atoms with E-state index < -0.39 is 5.97 Å². The summed E-state index contributed by atoms with van der Waals surface area (Å²) < 4.78 is 0. The maximum atomic E-state index is 11.6. The zero-order valence-electron chi connectivity index (χ0n) is 11.9. The summed E-state index contributed by atoms with van der Waals surface area (Å²) in [6.45, 7) is 5.35. The molecule has 5 heteroatoms. The lowest BCUT2D eigenvalue weighted by molar-refractivity contribution is -0.144. The van der Waals surface area contributed by atoms with Crippen LogP contribution in [0.5, 0.6) is 0 Å². The maximum absolute atomic E-state index is 11.6. The van der Waals surface area contributed by atoms with Crippen LogP contribution in [0.3, 0.4) is 0 Å². The normalized spacial score (nSPS) is 23.1. The van der Waals surface area contributed by atoms with Crippen molar-refractivity contribution in [3.05, 3.63) is 0 Å². The van der Waals surface area contributed by atoms with Gasteiger partial charge >= 0.3 is 12.0 Å². The zero-order chi connectivity index (χ0) is 14.3. The first-order valence-electron chi connectivity index (χ1n) is 7.25. The molecule has 0 radical (unpaired) electrons. The number of carboxylic acid groups (broad SMARTS) is 1. The van der Waals surface area contributed by atoms with Gasteiger partial charge in [0.15, 0.2) is 0 Å². The van der Waals surface area contributed by atoms with Crippen molar-refractivity contribution in [3.63, 3.8) is 0 Å². The number of aliphatic carboxylic acids is 1. The highest BCUT2D eigenvalue weighted by Crippen LogP contribution is 2.29. The quantitative estimate of drug-likeness (QED) is 0.692. The van der Waals surface area contributed by atoms with Gasteiger partial charge in [-0.3, -0.25) is 4.79 Å². The minimum Gasteiger partial charge on any atom is -0.481 e. The highest BCUT2D eigenvalue weighted by molar-refractivity contribution is 5.74. The Balaban J connectivity index is 2.26. The van der Waals surface area contributed by atoms with E-state index in [9.17, 15) is 9.59 Å². The Morgan fingerprint density at radius 1 is 1.21 bits per heavy atom. The molecular formula is C14H26N2O3. The van der Waals surface area contributed by atoms with Crippen LogP contribution in [0.4, 0.5) is 4.79 Å². The lowest BCUT2D eigenvalue weighted by Gasteiger charge is -2.28. The molecule has 0 aromatic rings. The maximum Gasteiger partial charge on any atom is 0.314 e. The summed E-state index contributed by atoms with van der Waals surface area (Å²) in [5.74, 6) is -0.395. The van der Waals surface area contributed by atoms with Crippen LogP contribution in [0.15, 0.2) is 0 Å². The number of rotatable bonds is 6. The molecule has 1 fully saturated rings. The molecular weight excluding hydrogens is 244 g/mol. The van der Waals surface area contributed by atoms with Gasteiger partial charge in [0, 0.05) is 13.1 Å². The molecule has 2 atom stereocenters. The number of carboxylic acids is 1. The number of urea groups is 1. The van der Waals surface area contributed by atoms with Crippen LogP contribution in [0.2, 0.25) is 0 Å². The van der Waals surface area contributed by atoms with Gasteiger partial charge < -0.3 is 15.7 Å². The Morgan fingerprint density at radius 3 is 2.53 bits per heavy atom. The number of hydrogen-bond donors (Lipinski definition) is 3. The molecule has 1 aliphatic rings.